The Kier molecular flexibility index (Phi) is 7.66. The Labute approximate surface area is 199 Å². The molecule has 0 aliphatic carbocycles. The van der Waals surface area contributed by atoms with E-state index in [0.717, 1.165) is 18.4 Å². The number of nitrogens with one attached hydrogen (secondary N) is 2. The van der Waals surface area contributed by atoms with E-state index in [1.165, 1.54) is 18.2 Å². The number of fused-ring (bicyclic) bond motifs is 1. The summed E-state index contributed by atoms with van der Waals surface area (Å²) in [5.41, 5.74) is 0.222. The van der Waals surface area contributed by atoms with Crippen LogP contribution in [-0.2, 0) is 16.4 Å². The average Bonchev–Trinajstić information content (AvgIpc) is 2.73. The Bertz CT molecular complexity index is 1360. The zero-order valence-electron chi connectivity index (χ0n) is 19.7. The lowest BCUT2D eigenvalue weighted by Gasteiger charge is -2.12. The minimum Gasteiger partial charge on any atom is -0.505 e. The molecule has 182 valence electrons. The van der Waals surface area contributed by atoms with Crippen molar-refractivity contribution in [2.75, 3.05) is 15.8 Å². The van der Waals surface area contributed by atoms with Crippen LogP contribution in [0.15, 0.2) is 51.7 Å². The molecule has 0 atom stereocenters. The van der Waals surface area contributed by atoms with Crippen LogP contribution in [0.3, 0.4) is 0 Å². The largest absolute Gasteiger partial charge is 0.505 e. The van der Waals surface area contributed by atoms with Gasteiger partial charge in [-0.25, -0.2) is 13.2 Å². The molecule has 0 aliphatic heterocycles. The Hall–Kier alpha value is -3.33. The Morgan fingerprint density at radius 2 is 1.79 bits per heavy atom. The van der Waals surface area contributed by atoms with Gasteiger partial charge in [0, 0.05) is 11.6 Å². The first kappa shape index (κ1) is 25.3. The summed E-state index contributed by atoms with van der Waals surface area (Å²) in [5.74, 6) is -0.604. The highest BCUT2D eigenvalue weighted by Crippen LogP contribution is 2.32. The normalized spacial score (nSPS) is 11.8. The fourth-order valence-corrected chi connectivity index (χ4v) is 4.97. The van der Waals surface area contributed by atoms with Gasteiger partial charge >= 0.3 is 5.63 Å². The van der Waals surface area contributed by atoms with Crippen molar-refractivity contribution in [2.45, 2.75) is 40.5 Å². The maximum absolute atomic E-state index is 12.8. The number of sulfonamides is 1. The van der Waals surface area contributed by atoms with Crippen molar-refractivity contribution in [3.63, 3.8) is 0 Å². The van der Waals surface area contributed by atoms with Crippen LogP contribution >= 0.6 is 0 Å². The van der Waals surface area contributed by atoms with E-state index in [9.17, 15) is 23.1 Å². The van der Waals surface area contributed by atoms with Crippen molar-refractivity contribution in [3.05, 3.63) is 64.0 Å². The van der Waals surface area contributed by atoms with Gasteiger partial charge in [0.2, 0.25) is 10.0 Å². The fourth-order valence-electron chi connectivity index (χ4n) is 3.53. The number of anilines is 2. The molecule has 0 unspecified atom stereocenters. The molecule has 0 bridgehead atoms. The van der Waals surface area contributed by atoms with Crippen LogP contribution < -0.4 is 15.7 Å². The highest BCUT2D eigenvalue weighted by atomic mass is 32.2. The third kappa shape index (κ3) is 6.38. The van der Waals surface area contributed by atoms with Gasteiger partial charge in [0.05, 0.1) is 16.8 Å². The number of aromatic hydroxyl groups is 1. The molecule has 0 saturated carbocycles. The van der Waals surface area contributed by atoms with Crippen LogP contribution in [0.4, 0.5) is 11.4 Å². The fraction of sp³-hybridized carbons (Fsp3) is 0.360. The second-order valence-corrected chi connectivity index (χ2v) is 11.0. The lowest BCUT2D eigenvalue weighted by Crippen LogP contribution is -2.20. The number of benzene rings is 2. The van der Waals surface area contributed by atoms with Crippen molar-refractivity contribution in [2.24, 2.45) is 11.8 Å². The van der Waals surface area contributed by atoms with Gasteiger partial charge in [-0.15, -0.1) is 0 Å². The molecule has 3 N–H and O–H groups in total. The molecule has 8 nitrogen and oxygen atoms in total. The summed E-state index contributed by atoms with van der Waals surface area (Å²) in [6.07, 6.45) is 1.81. The van der Waals surface area contributed by atoms with Crippen molar-refractivity contribution >= 4 is 38.3 Å². The van der Waals surface area contributed by atoms with Crippen molar-refractivity contribution in [3.8, 4) is 5.75 Å². The Balaban J connectivity index is 1.86. The summed E-state index contributed by atoms with van der Waals surface area (Å²) in [6.45, 7) is 7.83. The predicted molar refractivity (Wildman–Crippen MR) is 134 cm³/mol. The van der Waals surface area contributed by atoms with E-state index >= 15 is 0 Å². The second kappa shape index (κ2) is 10.3. The summed E-state index contributed by atoms with van der Waals surface area (Å²) in [4.78, 5) is 25.3. The number of amides is 1. The van der Waals surface area contributed by atoms with Gasteiger partial charge in [0.25, 0.3) is 5.91 Å². The predicted octanol–water partition coefficient (Wildman–Crippen LogP) is 4.74. The molecule has 1 aromatic heterocycles. The van der Waals surface area contributed by atoms with E-state index in [1.54, 1.807) is 32.0 Å². The molecule has 1 amide bonds. The van der Waals surface area contributed by atoms with Crippen LogP contribution in [0.5, 0.6) is 5.75 Å². The van der Waals surface area contributed by atoms with E-state index in [1.807, 2.05) is 6.07 Å². The highest BCUT2D eigenvalue weighted by molar-refractivity contribution is 7.92. The Morgan fingerprint density at radius 3 is 2.47 bits per heavy atom. The number of rotatable bonds is 9. The topological polar surface area (TPSA) is 126 Å². The molecule has 34 heavy (non-hydrogen) atoms. The van der Waals surface area contributed by atoms with E-state index in [2.05, 4.69) is 23.9 Å². The summed E-state index contributed by atoms with van der Waals surface area (Å²) in [7, 11) is -3.58. The molecule has 0 fully saturated rings. The zero-order chi connectivity index (χ0) is 25.0. The maximum atomic E-state index is 12.8. The first-order valence-electron chi connectivity index (χ1n) is 11.2. The van der Waals surface area contributed by atoms with Gasteiger partial charge in [-0.1, -0.05) is 39.8 Å². The molecule has 0 spiro atoms. The molecule has 0 saturated heterocycles. The van der Waals surface area contributed by atoms with Crippen LogP contribution in [0.1, 0.15) is 50.0 Å². The zero-order valence-corrected chi connectivity index (χ0v) is 20.5. The minimum atomic E-state index is -3.58. The first-order valence-corrected chi connectivity index (χ1v) is 12.8. The summed E-state index contributed by atoms with van der Waals surface area (Å²) in [6, 6.07) is 11.3. The quantitative estimate of drug-likeness (QED) is 0.375. The van der Waals surface area contributed by atoms with Crippen molar-refractivity contribution < 1.29 is 22.7 Å². The van der Waals surface area contributed by atoms with E-state index in [0.29, 0.717) is 11.5 Å². The molecule has 3 rings (SSSR count). The van der Waals surface area contributed by atoms with Crippen LogP contribution in [0.25, 0.3) is 11.0 Å². The summed E-state index contributed by atoms with van der Waals surface area (Å²) >= 11 is 0. The van der Waals surface area contributed by atoms with Crippen LogP contribution in [-0.4, -0.2) is 25.2 Å². The smallest absolute Gasteiger partial charge is 0.364 e. The summed E-state index contributed by atoms with van der Waals surface area (Å²) in [5, 5.41) is 13.3. The number of carbonyl (C=O) groups excluding carboxylic acids is 1. The number of aryl methyl sites for hydroxylation is 1. The number of hydrogen-bond acceptors (Lipinski definition) is 6. The SMILES string of the molecule is CC(C)CCc1cccc(C(=O)Nc2c(O)c3ccc(NS(=O)(=O)CC(C)C)cc3oc2=O)c1. The Morgan fingerprint density at radius 1 is 1.06 bits per heavy atom. The van der Waals surface area contributed by atoms with Gasteiger partial charge in [-0.2, -0.15) is 0 Å². The number of hydrogen-bond donors (Lipinski definition) is 3. The van der Waals surface area contributed by atoms with Crippen LogP contribution in [0.2, 0.25) is 0 Å². The van der Waals surface area contributed by atoms with Gasteiger partial charge in [-0.3, -0.25) is 9.52 Å². The lowest BCUT2D eigenvalue weighted by atomic mass is 10.0. The van der Waals surface area contributed by atoms with Gasteiger partial charge in [0.1, 0.15) is 5.58 Å². The van der Waals surface area contributed by atoms with E-state index in [-0.39, 0.29) is 34.0 Å². The highest BCUT2D eigenvalue weighted by Gasteiger charge is 2.19. The molecule has 1 heterocycles. The molecule has 9 heteroatoms. The van der Waals surface area contributed by atoms with Crippen molar-refractivity contribution in [1.29, 1.82) is 0 Å². The maximum Gasteiger partial charge on any atom is 0.364 e. The monoisotopic (exact) mass is 486 g/mol. The molecular formula is C25H30N2O6S. The minimum absolute atomic E-state index is 0.0130. The summed E-state index contributed by atoms with van der Waals surface area (Å²) < 4.78 is 32.1. The van der Waals surface area contributed by atoms with Gasteiger partial charge in [-0.05, 0) is 54.5 Å². The third-order valence-corrected chi connectivity index (χ3v) is 6.80. The average molecular weight is 487 g/mol. The molecule has 3 aromatic rings. The van der Waals surface area contributed by atoms with Crippen molar-refractivity contribution in [1.82, 2.24) is 0 Å². The third-order valence-electron chi connectivity index (χ3n) is 5.14. The molecule has 0 radical (unpaired) electrons. The molecule has 2 aromatic carbocycles. The lowest BCUT2D eigenvalue weighted by molar-refractivity contribution is 0.102. The van der Waals surface area contributed by atoms with Gasteiger partial charge < -0.3 is 14.8 Å². The molecular weight excluding hydrogens is 456 g/mol. The standard InChI is InChI=1S/C25H30N2O6S/c1-15(2)8-9-17-6-5-7-18(12-17)24(29)26-22-23(28)20-11-10-19(13-21(20)33-25(22)30)27-34(31,32)14-16(3)4/h5-7,10-13,15-16,27-28H,8-9,14H2,1-4H3,(H,26,29). The van der Waals surface area contributed by atoms with Crippen LogP contribution in [0, 0.1) is 11.8 Å². The van der Waals surface area contributed by atoms with E-state index < -0.39 is 27.3 Å². The van der Waals surface area contributed by atoms with Gasteiger partial charge in [0.15, 0.2) is 11.4 Å². The van der Waals surface area contributed by atoms with E-state index in [4.69, 9.17) is 4.42 Å². The first-order chi connectivity index (χ1) is 15.9. The second-order valence-electron chi connectivity index (χ2n) is 9.19. The molecule has 0 aliphatic rings. The number of carbonyl (C=O) groups is 1.